The molecule has 0 fully saturated rings. The second kappa shape index (κ2) is 7.06. The SMILES string of the molecule is COc1ccc([N+](=O)[O-])cc1CNCc1ccccc1Cl. The number of nitro benzene ring substituents is 1. The van der Waals surface area contributed by atoms with Crippen LogP contribution >= 0.6 is 11.6 Å². The summed E-state index contributed by atoms with van der Waals surface area (Å²) >= 11 is 6.08. The Kier molecular flexibility index (Phi) is 5.14. The maximum atomic E-state index is 10.8. The highest BCUT2D eigenvalue weighted by atomic mass is 35.5. The molecule has 0 aliphatic carbocycles. The highest BCUT2D eigenvalue weighted by Gasteiger charge is 2.11. The van der Waals surface area contributed by atoms with Crippen molar-refractivity contribution in [3.63, 3.8) is 0 Å². The highest BCUT2D eigenvalue weighted by molar-refractivity contribution is 6.31. The van der Waals surface area contributed by atoms with Gasteiger partial charge in [0, 0.05) is 35.8 Å². The van der Waals surface area contributed by atoms with E-state index in [2.05, 4.69) is 5.32 Å². The minimum atomic E-state index is -0.420. The van der Waals surface area contributed by atoms with Crippen LogP contribution in [0.25, 0.3) is 0 Å². The summed E-state index contributed by atoms with van der Waals surface area (Å²) in [4.78, 5) is 10.4. The van der Waals surface area contributed by atoms with Crippen LogP contribution in [0.4, 0.5) is 5.69 Å². The van der Waals surface area contributed by atoms with Crippen LogP contribution in [0, 0.1) is 10.1 Å². The molecule has 5 nitrogen and oxygen atoms in total. The molecule has 110 valence electrons. The normalized spacial score (nSPS) is 10.4. The molecule has 0 saturated heterocycles. The van der Waals surface area contributed by atoms with Gasteiger partial charge in [-0.2, -0.15) is 0 Å². The third-order valence-electron chi connectivity index (χ3n) is 3.06. The molecule has 0 bridgehead atoms. The van der Waals surface area contributed by atoms with Crippen LogP contribution in [0.15, 0.2) is 42.5 Å². The summed E-state index contributed by atoms with van der Waals surface area (Å²) in [5.41, 5.74) is 1.76. The molecule has 0 aliphatic rings. The minimum absolute atomic E-state index is 0.0466. The molecule has 1 N–H and O–H groups in total. The van der Waals surface area contributed by atoms with Crippen molar-refractivity contribution < 1.29 is 9.66 Å². The fourth-order valence-corrected chi connectivity index (χ4v) is 2.19. The van der Waals surface area contributed by atoms with Crippen molar-refractivity contribution in [1.29, 1.82) is 0 Å². The van der Waals surface area contributed by atoms with Crippen LogP contribution in [0.2, 0.25) is 5.02 Å². The molecule has 0 aromatic heterocycles. The largest absolute Gasteiger partial charge is 0.496 e. The first-order valence-corrected chi connectivity index (χ1v) is 6.75. The van der Waals surface area contributed by atoms with E-state index in [1.165, 1.54) is 12.1 Å². The Bertz CT molecular complexity index is 647. The van der Waals surface area contributed by atoms with Crippen LogP contribution < -0.4 is 10.1 Å². The Hall–Kier alpha value is -2.11. The monoisotopic (exact) mass is 306 g/mol. The highest BCUT2D eigenvalue weighted by Crippen LogP contribution is 2.24. The van der Waals surface area contributed by atoms with E-state index in [9.17, 15) is 10.1 Å². The summed E-state index contributed by atoms with van der Waals surface area (Å²) in [5, 5.41) is 14.7. The molecule has 6 heteroatoms. The van der Waals surface area contributed by atoms with Gasteiger partial charge in [0.05, 0.1) is 12.0 Å². The first kappa shape index (κ1) is 15.3. The number of ether oxygens (including phenoxy) is 1. The second-order valence-electron chi connectivity index (χ2n) is 4.45. The lowest BCUT2D eigenvalue weighted by Gasteiger charge is -2.10. The summed E-state index contributed by atoms with van der Waals surface area (Å²) in [6.45, 7) is 1.03. The van der Waals surface area contributed by atoms with Crippen molar-refractivity contribution in [3.8, 4) is 5.75 Å². The van der Waals surface area contributed by atoms with Gasteiger partial charge in [-0.1, -0.05) is 29.8 Å². The van der Waals surface area contributed by atoms with Gasteiger partial charge in [-0.25, -0.2) is 0 Å². The van der Waals surface area contributed by atoms with Gasteiger partial charge in [0.2, 0.25) is 0 Å². The van der Waals surface area contributed by atoms with Gasteiger partial charge in [-0.15, -0.1) is 0 Å². The Morgan fingerprint density at radius 3 is 2.57 bits per heavy atom. The summed E-state index contributed by atoms with van der Waals surface area (Å²) in [6.07, 6.45) is 0. The van der Waals surface area contributed by atoms with Crippen LogP contribution in [-0.2, 0) is 13.1 Å². The number of nitro groups is 1. The standard InChI is InChI=1S/C15H15ClN2O3/c1-21-15-7-6-13(18(19)20)8-12(15)10-17-9-11-4-2-3-5-14(11)16/h2-8,17H,9-10H2,1H3. The van der Waals surface area contributed by atoms with Crippen molar-refractivity contribution >= 4 is 17.3 Å². The van der Waals surface area contributed by atoms with Crippen molar-refractivity contribution in [2.45, 2.75) is 13.1 Å². The third-order valence-corrected chi connectivity index (χ3v) is 3.43. The van der Waals surface area contributed by atoms with E-state index < -0.39 is 4.92 Å². The predicted molar refractivity (Wildman–Crippen MR) is 81.6 cm³/mol. The molecule has 0 aliphatic heterocycles. The number of benzene rings is 2. The molecule has 0 saturated carbocycles. The zero-order valence-electron chi connectivity index (χ0n) is 11.5. The van der Waals surface area contributed by atoms with E-state index in [4.69, 9.17) is 16.3 Å². The number of rotatable bonds is 6. The number of methoxy groups -OCH3 is 1. The lowest BCUT2D eigenvalue weighted by atomic mass is 10.1. The quantitative estimate of drug-likeness (QED) is 0.655. The Morgan fingerprint density at radius 2 is 1.90 bits per heavy atom. The maximum Gasteiger partial charge on any atom is 0.270 e. The van der Waals surface area contributed by atoms with E-state index in [1.54, 1.807) is 13.2 Å². The molecule has 2 aromatic rings. The number of nitrogens with zero attached hydrogens (tertiary/aromatic N) is 1. The van der Waals surface area contributed by atoms with E-state index in [0.29, 0.717) is 23.9 Å². The molecule has 0 atom stereocenters. The third kappa shape index (κ3) is 3.93. The van der Waals surface area contributed by atoms with Crippen LogP contribution in [0.5, 0.6) is 5.75 Å². The van der Waals surface area contributed by atoms with E-state index in [0.717, 1.165) is 11.1 Å². The van der Waals surface area contributed by atoms with E-state index in [1.807, 2.05) is 24.3 Å². The van der Waals surface area contributed by atoms with Crippen molar-refractivity contribution in [1.82, 2.24) is 5.32 Å². The first-order chi connectivity index (χ1) is 10.1. The average molecular weight is 307 g/mol. The fourth-order valence-electron chi connectivity index (χ4n) is 1.99. The number of hydrogen-bond donors (Lipinski definition) is 1. The van der Waals surface area contributed by atoms with Crippen molar-refractivity contribution in [2.24, 2.45) is 0 Å². The number of nitrogens with one attached hydrogen (secondary N) is 1. The maximum absolute atomic E-state index is 10.8. The Morgan fingerprint density at radius 1 is 1.19 bits per heavy atom. The Balaban J connectivity index is 2.07. The average Bonchev–Trinajstić information content (AvgIpc) is 2.49. The topological polar surface area (TPSA) is 64.4 Å². The smallest absolute Gasteiger partial charge is 0.270 e. The van der Waals surface area contributed by atoms with Gasteiger partial charge in [-0.05, 0) is 17.7 Å². The van der Waals surface area contributed by atoms with Crippen molar-refractivity contribution in [2.75, 3.05) is 7.11 Å². The molecule has 0 amide bonds. The summed E-state index contributed by atoms with van der Waals surface area (Å²) in [6, 6.07) is 12.1. The Labute approximate surface area is 127 Å². The summed E-state index contributed by atoms with van der Waals surface area (Å²) in [7, 11) is 1.54. The second-order valence-corrected chi connectivity index (χ2v) is 4.86. The van der Waals surface area contributed by atoms with Gasteiger partial charge < -0.3 is 10.1 Å². The van der Waals surface area contributed by atoms with Gasteiger partial charge in [0.15, 0.2) is 0 Å². The fraction of sp³-hybridized carbons (Fsp3) is 0.200. The zero-order chi connectivity index (χ0) is 15.2. The van der Waals surface area contributed by atoms with E-state index >= 15 is 0 Å². The molecule has 21 heavy (non-hydrogen) atoms. The zero-order valence-corrected chi connectivity index (χ0v) is 12.3. The molecular weight excluding hydrogens is 292 g/mol. The van der Waals surface area contributed by atoms with Crippen LogP contribution in [0.3, 0.4) is 0 Å². The number of hydrogen-bond acceptors (Lipinski definition) is 4. The van der Waals surface area contributed by atoms with Crippen LogP contribution in [-0.4, -0.2) is 12.0 Å². The molecular formula is C15H15ClN2O3. The summed E-state index contributed by atoms with van der Waals surface area (Å²) in [5.74, 6) is 0.618. The van der Waals surface area contributed by atoms with Gasteiger partial charge in [0.25, 0.3) is 5.69 Å². The molecule has 0 spiro atoms. The van der Waals surface area contributed by atoms with Gasteiger partial charge in [-0.3, -0.25) is 10.1 Å². The number of halogens is 1. The van der Waals surface area contributed by atoms with E-state index in [-0.39, 0.29) is 5.69 Å². The van der Waals surface area contributed by atoms with Crippen molar-refractivity contribution in [3.05, 3.63) is 68.7 Å². The van der Waals surface area contributed by atoms with Crippen LogP contribution in [0.1, 0.15) is 11.1 Å². The molecule has 0 heterocycles. The molecule has 0 unspecified atom stereocenters. The lowest BCUT2D eigenvalue weighted by molar-refractivity contribution is -0.384. The minimum Gasteiger partial charge on any atom is -0.496 e. The molecule has 0 radical (unpaired) electrons. The lowest BCUT2D eigenvalue weighted by Crippen LogP contribution is -2.13. The number of non-ortho nitro benzene ring substituents is 1. The predicted octanol–water partition coefficient (Wildman–Crippen LogP) is 3.55. The van der Waals surface area contributed by atoms with Gasteiger partial charge >= 0.3 is 0 Å². The molecule has 2 aromatic carbocycles. The summed E-state index contributed by atoms with van der Waals surface area (Å²) < 4.78 is 5.22. The first-order valence-electron chi connectivity index (χ1n) is 6.37. The molecule has 2 rings (SSSR count). The van der Waals surface area contributed by atoms with Gasteiger partial charge in [0.1, 0.15) is 5.75 Å².